The average molecular weight is 467 g/mol. The number of likely N-dealkylation sites (N-methyl/N-ethyl adjacent to an activating group) is 1. The highest BCUT2D eigenvalue weighted by Crippen LogP contribution is 2.55. The maximum atomic E-state index is 14.1. The Labute approximate surface area is 200 Å². The average Bonchev–Trinajstić information content (AvgIpc) is 3.20. The number of amides is 2. The van der Waals surface area contributed by atoms with Crippen molar-refractivity contribution in [3.63, 3.8) is 0 Å². The Morgan fingerprint density at radius 2 is 1.88 bits per heavy atom. The topological polar surface area (TPSA) is 65.5 Å². The van der Waals surface area contributed by atoms with Crippen LogP contribution in [0.3, 0.4) is 0 Å². The molecular weight excluding hydrogens is 432 g/mol. The molecule has 3 aliphatic rings. The van der Waals surface area contributed by atoms with E-state index in [2.05, 4.69) is 64.4 Å². The molecule has 1 aromatic carbocycles. The Balaban J connectivity index is 1.54. The molecule has 2 aromatic rings. The minimum absolute atomic E-state index is 0.0920. The van der Waals surface area contributed by atoms with Gasteiger partial charge in [0.25, 0.3) is 5.91 Å². The molecule has 0 radical (unpaired) electrons. The van der Waals surface area contributed by atoms with Gasteiger partial charge in [0.15, 0.2) is 5.13 Å². The number of carbonyl (C=O) groups is 2. The van der Waals surface area contributed by atoms with Crippen molar-refractivity contribution in [2.24, 2.45) is 5.41 Å². The lowest BCUT2D eigenvalue weighted by Crippen LogP contribution is -2.58. The Bertz CT molecular complexity index is 1050. The second kappa shape index (κ2) is 8.51. The molecule has 2 saturated heterocycles. The molecule has 5 rings (SSSR count). The van der Waals surface area contributed by atoms with E-state index in [0.29, 0.717) is 27.8 Å². The lowest BCUT2D eigenvalue weighted by atomic mass is 9.69. The number of thiazole rings is 1. The quantitative estimate of drug-likeness (QED) is 0.721. The Hall–Kier alpha value is -2.25. The highest BCUT2D eigenvalue weighted by molar-refractivity contribution is 7.17. The number of carbonyl (C=O) groups excluding carboxylic acids is 2. The molecule has 0 unspecified atom stereocenters. The summed E-state index contributed by atoms with van der Waals surface area (Å²) in [6.07, 6.45) is 6.67. The molecule has 5 atom stereocenters. The van der Waals surface area contributed by atoms with Gasteiger partial charge >= 0.3 is 0 Å². The van der Waals surface area contributed by atoms with E-state index in [-0.39, 0.29) is 29.3 Å². The van der Waals surface area contributed by atoms with Crippen LogP contribution in [-0.4, -0.2) is 57.8 Å². The number of benzene rings is 1. The first-order valence-electron chi connectivity index (χ1n) is 12.1. The predicted octanol–water partition coefficient (Wildman–Crippen LogP) is 4.50. The van der Waals surface area contributed by atoms with E-state index in [0.717, 1.165) is 19.3 Å². The van der Waals surface area contributed by atoms with E-state index in [1.807, 2.05) is 6.92 Å². The van der Waals surface area contributed by atoms with Gasteiger partial charge in [-0.2, -0.15) is 0 Å². The molecular formula is C26H34N4O2S. The number of likely N-dealkylation sites (tertiary alicyclic amines) is 2. The first kappa shape index (κ1) is 22.5. The molecule has 0 spiro atoms. The first-order valence-corrected chi connectivity index (χ1v) is 12.9. The standard InChI is InChI=1S/C26H34N4O2S/c1-16-23(33-25(27-16)28-17(2)31)24(32)30-20-15-26(3)21(12-8-9-13-22(26)30)29(4)19(20)14-18-10-6-5-7-11-18/h5-7,10-11,19-22H,8-9,12-15H2,1-4H3,(H,27,28,31)/t19-,20-,21+,22-,26+/m0/s1. The monoisotopic (exact) mass is 466 g/mol. The summed E-state index contributed by atoms with van der Waals surface area (Å²) in [5, 5.41) is 3.26. The second-order valence-corrected chi connectivity index (χ2v) is 11.3. The van der Waals surface area contributed by atoms with Gasteiger partial charge < -0.3 is 10.2 Å². The summed E-state index contributed by atoms with van der Waals surface area (Å²) in [6, 6.07) is 11.9. The van der Waals surface area contributed by atoms with Gasteiger partial charge in [-0.15, -0.1) is 0 Å². The molecule has 1 N–H and O–H groups in total. The van der Waals surface area contributed by atoms with Crippen LogP contribution in [-0.2, 0) is 11.2 Å². The molecule has 3 fully saturated rings. The summed E-state index contributed by atoms with van der Waals surface area (Å²) in [5.74, 6) is -0.0715. The van der Waals surface area contributed by atoms with Crippen LogP contribution in [0.1, 0.15) is 66.9 Å². The zero-order chi connectivity index (χ0) is 23.3. The normalized spacial score (nSPS) is 31.3. The minimum atomic E-state index is -0.163. The molecule has 1 aliphatic carbocycles. The Morgan fingerprint density at radius 3 is 2.58 bits per heavy atom. The van der Waals surface area contributed by atoms with Crippen molar-refractivity contribution in [1.82, 2.24) is 14.8 Å². The number of anilines is 1. The van der Waals surface area contributed by atoms with Gasteiger partial charge in [0, 0.05) is 36.5 Å². The van der Waals surface area contributed by atoms with Crippen molar-refractivity contribution < 1.29 is 9.59 Å². The third-order valence-electron chi connectivity index (χ3n) is 8.32. The van der Waals surface area contributed by atoms with Gasteiger partial charge in [-0.25, -0.2) is 4.98 Å². The zero-order valence-electron chi connectivity index (χ0n) is 20.0. The number of hydrogen-bond donors (Lipinski definition) is 1. The van der Waals surface area contributed by atoms with E-state index in [1.165, 1.54) is 43.1 Å². The Morgan fingerprint density at radius 1 is 1.18 bits per heavy atom. The van der Waals surface area contributed by atoms with Crippen molar-refractivity contribution >= 4 is 28.3 Å². The van der Waals surface area contributed by atoms with Crippen LogP contribution in [0.2, 0.25) is 0 Å². The number of piperidine rings is 1. The molecule has 2 amide bonds. The van der Waals surface area contributed by atoms with E-state index in [1.54, 1.807) is 0 Å². The maximum Gasteiger partial charge on any atom is 0.266 e. The number of rotatable bonds is 4. The van der Waals surface area contributed by atoms with Gasteiger partial charge in [0.05, 0.1) is 5.69 Å². The maximum absolute atomic E-state index is 14.1. The van der Waals surface area contributed by atoms with E-state index < -0.39 is 0 Å². The second-order valence-electron chi connectivity index (χ2n) is 10.3. The fraction of sp³-hybridized carbons (Fsp3) is 0.577. The molecule has 3 heterocycles. The number of hydrogen-bond acceptors (Lipinski definition) is 5. The third kappa shape index (κ3) is 3.79. The van der Waals surface area contributed by atoms with Crippen LogP contribution in [0.5, 0.6) is 0 Å². The highest BCUT2D eigenvalue weighted by Gasteiger charge is 2.62. The lowest BCUT2D eigenvalue weighted by Gasteiger charge is -2.49. The molecule has 1 saturated carbocycles. The molecule has 2 aliphatic heterocycles. The fourth-order valence-corrected chi connectivity index (χ4v) is 7.86. The predicted molar refractivity (Wildman–Crippen MR) is 132 cm³/mol. The van der Waals surface area contributed by atoms with Gasteiger partial charge in [-0.05, 0) is 45.2 Å². The summed E-state index contributed by atoms with van der Waals surface area (Å²) in [5.41, 5.74) is 2.14. The summed E-state index contributed by atoms with van der Waals surface area (Å²) in [4.78, 5) is 35.7. The van der Waals surface area contributed by atoms with E-state index >= 15 is 0 Å². The van der Waals surface area contributed by atoms with Gasteiger partial charge in [-0.3, -0.25) is 14.5 Å². The van der Waals surface area contributed by atoms with E-state index in [9.17, 15) is 9.59 Å². The van der Waals surface area contributed by atoms with Crippen LogP contribution in [0.25, 0.3) is 0 Å². The van der Waals surface area contributed by atoms with Gasteiger partial charge in [-0.1, -0.05) is 61.4 Å². The summed E-state index contributed by atoms with van der Waals surface area (Å²) < 4.78 is 0. The molecule has 6 nitrogen and oxygen atoms in total. The fourth-order valence-electron chi connectivity index (χ4n) is 6.90. The van der Waals surface area contributed by atoms with Crippen LogP contribution >= 0.6 is 11.3 Å². The van der Waals surface area contributed by atoms with Crippen molar-refractivity contribution in [3.8, 4) is 0 Å². The molecule has 176 valence electrons. The van der Waals surface area contributed by atoms with E-state index in [4.69, 9.17) is 0 Å². The van der Waals surface area contributed by atoms with Gasteiger partial charge in [0.2, 0.25) is 5.91 Å². The SMILES string of the molecule is CC(=O)Nc1nc(C)c(C(=O)N2[C@H]3CCCC[C@H]4N(C)[C@@H](Cc5ccccc5)[C@@H]2C[C@@]34C)s1. The number of nitrogens with one attached hydrogen (secondary N) is 1. The van der Waals surface area contributed by atoms with Crippen LogP contribution in [0, 0.1) is 12.3 Å². The molecule has 33 heavy (non-hydrogen) atoms. The molecule has 1 aromatic heterocycles. The largest absolute Gasteiger partial charge is 0.330 e. The smallest absolute Gasteiger partial charge is 0.266 e. The molecule has 2 bridgehead atoms. The third-order valence-corrected chi connectivity index (χ3v) is 9.39. The zero-order valence-corrected chi connectivity index (χ0v) is 20.8. The van der Waals surface area contributed by atoms with Crippen molar-refractivity contribution in [1.29, 1.82) is 0 Å². The number of aryl methyl sites for hydroxylation is 1. The first-order chi connectivity index (χ1) is 15.8. The summed E-state index contributed by atoms with van der Waals surface area (Å²) in [6.45, 7) is 5.77. The summed E-state index contributed by atoms with van der Waals surface area (Å²) in [7, 11) is 2.28. The van der Waals surface area contributed by atoms with Crippen molar-refractivity contribution in [2.45, 2.75) is 83.5 Å². The van der Waals surface area contributed by atoms with Crippen molar-refractivity contribution in [3.05, 3.63) is 46.5 Å². The summed E-state index contributed by atoms with van der Waals surface area (Å²) >= 11 is 1.31. The molecule has 7 heteroatoms. The van der Waals surface area contributed by atoms with Gasteiger partial charge in [0.1, 0.15) is 4.88 Å². The van der Waals surface area contributed by atoms with Crippen LogP contribution in [0.4, 0.5) is 5.13 Å². The Kier molecular flexibility index (Phi) is 5.81. The van der Waals surface area contributed by atoms with Crippen LogP contribution in [0.15, 0.2) is 30.3 Å². The van der Waals surface area contributed by atoms with Crippen molar-refractivity contribution in [2.75, 3.05) is 12.4 Å². The minimum Gasteiger partial charge on any atom is -0.330 e. The lowest BCUT2D eigenvalue weighted by molar-refractivity contribution is -0.114. The number of aromatic nitrogens is 1. The van der Waals surface area contributed by atoms with Crippen LogP contribution < -0.4 is 5.32 Å². The number of fused-ring (bicyclic) bond motifs is 1. The highest BCUT2D eigenvalue weighted by atomic mass is 32.1. The number of nitrogens with zero attached hydrogens (tertiary/aromatic N) is 3.